The van der Waals surface area contributed by atoms with Gasteiger partial charge >= 0.3 is 0 Å². The molecular weight excluding hydrogens is 500 g/mol. The largest absolute Gasteiger partial charge is 0.503 e. The molecule has 1 saturated heterocycles. The smallest absolute Gasteiger partial charge is 0.290 e. The Balaban J connectivity index is 1.47. The molecule has 1 aromatic heterocycles. The maximum atomic E-state index is 13.5. The maximum Gasteiger partial charge on any atom is 0.290 e. The molecule has 9 nitrogen and oxygen atoms in total. The highest BCUT2D eigenvalue weighted by Gasteiger charge is 2.44. The number of rotatable bonds is 11. The Bertz CT molecular complexity index is 1310. The summed E-state index contributed by atoms with van der Waals surface area (Å²) in [6, 6.07) is 17.4. The summed E-state index contributed by atoms with van der Waals surface area (Å²) in [6.45, 7) is 6.30. The van der Waals surface area contributed by atoms with Crippen LogP contribution in [0.4, 0.5) is 0 Å². The van der Waals surface area contributed by atoms with Gasteiger partial charge in [0, 0.05) is 26.2 Å². The van der Waals surface area contributed by atoms with E-state index in [-0.39, 0.29) is 11.3 Å². The molecule has 9 heteroatoms. The fourth-order valence-electron chi connectivity index (χ4n) is 4.89. The van der Waals surface area contributed by atoms with Crippen molar-refractivity contribution in [1.82, 2.24) is 9.80 Å². The van der Waals surface area contributed by atoms with E-state index in [4.69, 9.17) is 18.6 Å². The van der Waals surface area contributed by atoms with Gasteiger partial charge in [-0.25, -0.2) is 0 Å². The monoisotopic (exact) mass is 532 g/mol. The van der Waals surface area contributed by atoms with Gasteiger partial charge in [0.05, 0.1) is 37.7 Å². The molecule has 1 amide bonds. The van der Waals surface area contributed by atoms with Crippen LogP contribution in [-0.4, -0.2) is 72.6 Å². The maximum absolute atomic E-state index is 13.5. The Morgan fingerprint density at radius 2 is 1.79 bits per heavy atom. The molecule has 3 heterocycles. The van der Waals surface area contributed by atoms with Crippen LogP contribution in [0.1, 0.15) is 34.6 Å². The van der Waals surface area contributed by atoms with E-state index in [1.54, 1.807) is 24.3 Å². The van der Waals surface area contributed by atoms with E-state index in [0.29, 0.717) is 56.6 Å². The van der Waals surface area contributed by atoms with E-state index in [9.17, 15) is 14.7 Å². The highest BCUT2D eigenvalue weighted by molar-refractivity contribution is 6.15. The second kappa shape index (κ2) is 12.2. The van der Waals surface area contributed by atoms with Crippen LogP contribution in [0.3, 0.4) is 0 Å². The fraction of sp³-hybridized carbons (Fsp3) is 0.333. The normalized spacial score (nSPS) is 18.0. The molecule has 0 spiro atoms. The summed E-state index contributed by atoms with van der Waals surface area (Å²) in [6.07, 6.45) is 1.39. The van der Waals surface area contributed by atoms with Gasteiger partial charge in [-0.3, -0.25) is 14.5 Å². The highest BCUT2D eigenvalue weighted by Crippen LogP contribution is 2.42. The summed E-state index contributed by atoms with van der Waals surface area (Å²) >= 11 is 0. The van der Waals surface area contributed by atoms with Gasteiger partial charge in [0.25, 0.3) is 5.91 Å². The Hall–Kier alpha value is -4.08. The van der Waals surface area contributed by atoms with E-state index in [1.807, 2.05) is 37.3 Å². The topological polar surface area (TPSA) is 102 Å². The van der Waals surface area contributed by atoms with Crippen molar-refractivity contribution in [3.05, 3.63) is 95.1 Å². The molecule has 0 bridgehead atoms. The Labute approximate surface area is 227 Å². The van der Waals surface area contributed by atoms with Crippen LogP contribution in [0.2, 0.25) is 0 Å². The molecule has 0 saturated carbocycles. The Kier molecular flexibility index (Phi) is 8.29. The number of carbonyl (C=O) groups excluding carboxylic acids is 2. The van der Waals surface area contributed by atoms with Crippen LogP contribution in [0.25, 0.3) is 0 Å². The average molecular weight is 533 g/mol. The molecule has 2 aliphatic heterocycles. The van der Waals surface area contributed by atoms with Gasteiger partial charge in [-0.15, -0.1) is 0 Å². The molecule has 1 fully saturated rings. The van der Waals surface area contributed by atoms with Crippen LogP contribution < -0.4 is 9.47 Å². The van der Waals surface area contributed by atoms with Crippen molar-refractivity contribution < 1.29 is 33.3 Å². The molecule has 1 unspecified atom stereocenters. The average Bonchev–Trinajstić information content (AvgIpc) is 3.59. The van der Waals surface area contributed by atoms with Crippen LogP contribution in [0.15, 0.2) is 82.7 Å². The first-order valence-electron chi connectivity index (χ1n) is 13.1. The minimum atomic E-state index is -0.821. The molecule has 2 aliphatic rings. The lowest BCUT2D eigenvalue weighted by molar-refractivity contribution is -0.129. The standard InChI is InChI=1S/C30H32N2O7/c1-2-37-25-19-22(10-11-23(25)39-20-21-7-4-3-5-8-21)27-26(28(33)24-9-6-16-38-24)29(34)30(35)32(27)13-12-31-14-17-36-18-15-31/h3-11,16,19,27,34H,2,12-15,17-18,20H2,1H3. The summed E-state index contributed by atoms with van der Waals surface area (Å²) < 4.78 is 22.7. The molecule has 204 valence electrons. The third-order valence-corrected chi connectivity index (χ3v) is 6.87. The summed E-state index contributed by atoms with van der Waals surface area (Å²) in [5, 5.41) is 10.9. The molecule has 1 atom stereocenters. The summed E-state index contributed by atoms with van der Waals surface area (Å²) in [4.78, 5) is 30.5. The fourth-order valence-corrected chi connectivity index (χ4v) is 4.89. The molecule has 39 heavy (non-hydrogen) atoms. The lowest BCUT2D eigenvalue weighted by Gasteiger charge is -2.31. The number of ketones is 1. The minimum absolute atomic E-state index is 0.0164. The van der Waals surface area contributed by atoms with E-state index in [2.05, 4.69) is 4.90 Å². The van der Waals surface area contributed by atoms with Crippen molar-refractivity contribution in [2.45, 2.75) is 19.6 Å². The van der Waals surface area contributed by atoms with Crippen molar-refractivity contribution >= 4 is 11.7 Å². The molecular formula is C30H32N2O7. The molecule has 0 radical (unpaired) electrons. The van der Waals surface area contributed by atoms with E-state index in [0.717, 1.165) is 18.7 Å². The van der Waals surface area contributed by atoms with Crippen LogP contribution >= 0.6 is 0 Å². The van der Waals surface area contributed by atoms with Gasteiger partial charge < -0.3 is 28.6 Å². The Morgan fingerprint density at radius 1 is 1.00 bits per heavy atom. The van der Waals surface area contributed by atoms with E-state index in [1.165, 1.54) is 17.2 Å². The number of furan rings is 1. The van der Waals surface area contributed by atoms with Crippen LogP contribution in [0.5, 0.6) is 11.5 Å². The predicted molar refractivity (Wildman–Crippen MR) is 143 cm³/mol. The molecule has 2 aromatic carbocycles. The number of aliphatic hydroxyl groups is 1. The number of benzene rings is 2. The summed E-state index contributed by atoms with van der Waals surface area (Å²) in [5.74, 6) is -0.607. The number of morpholine rings is 1. The Morgan fingerprint density at radius 3 is 2.51 bits per heavy atom. The highest BCUT2D eigenvalue weighted by atomic mass is 16.5. The van der Waals surface area contributed by atoms with Crippen molar-refractivity contribution in [1.29, 1.82) is 0 Å². The SMILES string of the molecule is CCOc1cc(C2C(C(=O)c3ccco3)=C(O)C(=O)N2CCN2CCOCC2)ccc1OCc1ccccc1. The number of hydrogen-bond acceptors (Lipinski definition) is 8. The molecule has 0 aliphatic carbocycles. The first-order chi connectivity index (χ1) is 19.1. The van der Waals surface area contributed by atoms with Crippen molar-refractivity contribution in [3.63, 3.8) is 0 Å². The number of hydrogen-bond donors (Lipinski definition) is 1. The number of amides is 1. The van der Waals surface area contributed by atoms with Crippen LogP contribution in [-0.2, 0) is 16.1 Å². The van der Waals surface area contributed by atoms with Gasteiger partial charge in [-0.2, -0.15) is 0 Å². The first-order valence-corrected chi connectivity index (χ1v) is 13.1. The second-order valence-corrected chi connectivity index (χ2v) is 9.34. The third-order valence-electron chi connectivity index (χ3n) is 6.87. The van der Waals surface area contributed by atoms with E-state index >= 15 is 0 Å². The first kappa shape index (κ1) is 26.5. The molecule has 3 aromatic rings. The zero-order valence-corrected chi connectivity index (χ0v) is 21.9. The van der Waals surface area contributed by atoms with Gasteiger partial charge in [-0.1, -0.05) is 36.4 Å². The lowest BCUT2D eigenvalue weighted by atomic mass is 9.94. The molecule has 1 N–H and O–H groups in total. The number of ether oxygens (including phenoxy) is 3. The summed E-state index contributed by atoms with van der Waals surface area (Å²) in [7, 11) is 0. The number of aliphatic hydroxyl groups excluding tert-OH is 1. The number of nitrogens with zero attached hydrogens (tertiary/aromatic N) is 2. The van der Waals surface area contributed by atoms with E-state index < -0.39 is 23.5 Å². The second-order valence-electron chi connectivity index (χ2n) is 9.34. The zero-order valence-electron chi connectivity index (χ0n) is 21.9. The zero-order chi connectivity index (χ0) is 27.2. The van der Waals surface area contributed by atoms with Gasteiger partial charge in [0.2, 0.25) is 5.78 Å². The number of carbonyl (C=O) groups is 2. The molecule has 5 rings (SSSR count). The third kappa shape index (κ3) is 5.84. The predicted octanol–water partition coefficient (Wildman–Crippen LogP) is 4.17. The van der Waals surface area contributed by atoms with Gasteiger partial charge in [-0.05, 0) is 42.3 Å². The van der Waals surface area contributed by atoms with Gasteiger partial charge in [0.15, 0.2) is 23.0 Å². The van der Waals surface area contributed by atoms with Crippen molar-refractivity contribution in [2.24, 2.45) is 0 Å². The van der Waals surface area contributed by atoms with Crippen molar-refractivity contribution in [2.75, 3.05) is 46.0 Å². The number of Topliss-reactive ketones (excluding diaryl/α,β-unsaturated/α-hetero) is 1. The van der Waals surface area contributed by atoms with Gasteiger partial charge in [0.1, 0.15) is 6.61 Å². The van der Waals surface area contributed by atoms with Crippen molar-refractivity contribution in [3.8, 4) is 11.5 Å². The summed E-state index contributed by atoms with van der Waals surface area (Å²) in [5.41, 5.74) is 1.62. The quantitative estimate of drug-likeness (QED) is 0.367. The lowest BCUT2D eigenvalue weighted by Crippen LogP contribution is -2.43. The minimum Gasteiger partial charge on any atom is -0.503 e. The van der Waals surface area contributed by atoms with Crippen LogP contribution in [0, 0.1) is 0 Å².